The van der Waals surface area contributed by atoms with Crippen molar-refractivity contribution in [3.05, 3.63) is 59.4 Å². The Morgan fingerprint density at radius 3 is 2.61 bits per heavy atom. The van der Waals surface area contributed by atoms with E-state index in [1.807, 2.05) is 0 Å². The largest absolute Gasteiger partial charge is 0.294 e. The molecule has 2 heterocycles. The van der Waals surface area contributed by atoms with E-state index in [1.54, 1.807) is 12.3 Å². The highest BCUT2D eigenvalue weighted by Gasteiger charge is 2.65. The van der Waals surface area contributed by atoms with Gasteiger partial charge in [0.2, 0.25) is 0 Å². The zero-order valence-electron chi connectivity index (χ0n) is 15.7. The number of halogens is 2. The fourth-order valence-corrected chi connectivity index (χ4v) is 5.57. The fraction of sp³-hybridized carbons (Fsp3) is 0.364. The lowest BCUT2D eigenvalue weighted by Crippen LogP contribution is -2.44. The summed E-state index contributed by atoms with van der Waals surface area (Å²) in [5, 5.41) is 8.67. The Kier molecular flexibility index (Phi) is 3.49. The lowest BCUT2D eigenvalue weighted by Gasteiger charge is -2.39. The number of hydrogen-bond donors (Lipinski definition) is 0. The SMILES string of the molecule is CC1(C)[C@H]2CC[C@]1(C1=NC=CC(=O)C1)c1nnc(-c3c(F)cccc3F)cc12. The van der Waals surface area contributed by atoms with Crippen LogP contribution in [0.1, 0.15) is 50.3 Å². The number of allylic oxidation sites excluding steroid dienone is 1. The van der Waals surface area contributed by atoms with E-state index >= 15 is 0 Å². The van der Waals surface area contributed by atoms with Gasteiger partial charge in [-0.15, -0.1) is 5.10 Å². The maximum atomic E-state index is 14.3. The molecule has 0 spiro atoms. The molecule has 5 rings (SSSR count). The Labute approximate surface area is 161 Å². The van der Waals surface area contributed by atoms with Gasteiger partial charge in [-0.2, -0.15) is 5.10 Å². The normalized spacial score (nSPS) is 27.1. The first-order valence-electron chi connectivity index (χ1n) is 9.45. The van der Waals surface area contributed by atoms with Crippen LogP contribution in [-0.4, -0.2) is 21.7 Å². The molecule has 0 saturated heterocycles. The van der Waals surface area contributed by atoms with Crippen molar-refractivity contribution in [2.75, 3.05) is 0 Å². The van der Waals surface area contributed by atoms with Crippen molar-refractivity contribution >= 4 is 11.5 Å². The molecule has 1 aromatic carbocycles. The summed E-state index contributed by atoms with van der Waals surface area (Å²) in [5.41, 5.74) is 1.97. The van der Waals surface area contributed by atoms with Gasteiger partial charge in [0.1, 0.15) is 11.6 Å². The van der Waals surface area contributed by atoms with E-state index in [-0.39, 0.29) is 34.8 Å². The monoisotopic (exact) mass is 379 g/mol. The maximum absolute atomic E-state index is 14.3. The van der Waals surface area contributed by atoms with Gasteiger partial charge in [0.05, 0.1) is 22.4 Å². The number of aromatic nitrogens is 2. The summed E-state index contributed by atoms with van der Waals surface area (Å²) in [4.78, 5) is 16.6. The maximum Gasteiger partial charge on any atom is 0.162 e. The molecule has 142 valence electrons. The van der Waals surface area contributed by atoms with Gasteiger partial charge in [-0.1, -0.05) is 19.9 Å². The first-order chi connectivity index (χ1) is 13.4. The highest BCUT2D eigenvalue weighted by atomic mass is 19.1. The molecule has 4 nitrogen and oxygen atoms in total. The number of fused-ring (bicyclic) bond motifs is 5. The van der Waals surface area contributed by atoms with Crippen LogP contribution < -0.4 is 0 Å². The second-order valence-electron chi connectivity index (χ2n) is 8.38. The summed E-state index contributed by atoms with van der Waals surface area (Å²) in [5.74, 6) is -1.10. The fourth-order valence-electron chi connectivity index (χ4n) is 5.57. The standard InChI is InChI=1S/C22H19F2N3O/c1-21(2)14-6-8-22(21,18-10-12(28)7-9-25-18)20-13(14)11-17(26-27-20)19-15(23)4-3-5-16(19)24/h3-5,7,9,11,14H,6,8,10H2,1-2H3/t14-,22-/m0/s1. The topological polar surface area (TPSA) is 55.2 Å². The summed E-state index contributed by atoms with van der Waals surface area (Å²) >= 11 is 0. The minimum absolute atomic E-state index is 0.0325. The van der Waals surface area contributed by atoms with Crippen molar-refractivity contribution in [1.82, 2.24) is 10.2 Å². The molecule has 0 amide bonds. The molecule has 0 unspecified atom stereocenters. The van der Waals surface area contributed by atoms with Crippen LogP contribution in [0.3, 0.4) is 0 Å². The molecule has 1 aliphatic heterocycles. The van der Waals surface area contributed by atoms with E-state index in [0.717, 1.165) is 29.8 Å². The highest BCUT2D eigenvalue weighted by molar-refractivity contribution is 6.13. The molecular weight excluding hydrogens is 360 g/mol. The summed E-state index contributed by atoms with van der Waals surface area (Å²) in [6.45, 7) is 4.34. The lowest BCUT2D eigenvalue weighted by molar-refractivity contribution is -0.113. The summed E-state index contributed by atoms with van der Waals surface area (Å²) < 4.78 is 28.5. The van der Waals surface area contributed by atoms with Crippen molar-refractivity contribution in [2.24, 2.45) is 10.4 Å². The molecule has 1 saturated carbocycles. The predicted molar refractivity (Wildman–Crippen MR) is 101 cm³/mol. The highest BCUT2D eigenvalue weighted by Crippen LogP contribution is 2.68. The van der Waals surface area contributed by atoms with Gasteiger partial charge in [-0.25, -0.2) is 8.78 Å². The molecular formula is C22H19F2N3O. The van der Waals surface area contributed by atoms with Crippen LogP contribution in [0.2, 0.25) is 0 Å². The summed E-state index contributed by atoms with van der Waals surface area (Å²) in [6.07, 6.45) is 5.10. The number of rotatable bonds is 2. The number of ketones is 1. The molecule has 0 N–H and O–H groups in total. The third kappa shape index (κ3) is 2.03. The van der Waals surface area contributed by atoms with E-state index in [9.17, 15) is 13.6 Å². The third-order valence-corrected chi connectivity index (χ3v) is 6.93. The van der Waals surface area contributed by atoms with Gasteiger partial charge in [-0.05, 0) is 54.0 Å². The third-order valence-electron chi connectivity index (χ3n) is 6.93. The predicted octanol–water partition coefficient (Wildman–Crippen LogP) is 4.50. The van der Waals surface area contributed by atoms with E-state index < -0.39 is 17.0 Å². The minimum atomic E-state index is -0.654. The zero-order chi connectivity index (χ0) is 19.7. The van der Waals surface area contributed by atoms with Gasteiger partial charge in [-0.3, -0.25) is 9.79 Å². The summed E-state index contributed by atoms with van der Waals surface area (Å²) in [6, 6.07) is 5.55. The second-order valence-corrected chi connectivity index (χ2v) is 8.38. The van der Waals surface area contributed by atoms with Crippen molar-refractivity contribution in [1.29, 1.82) is 0 Å². The first kappa shape index (κ1) is 17.3. The quantitative estimate of drug-likeness (QED) is 0.772. The van der Waals surface area contributed by atoms with Crippen LogP contribution >= 0.6 is 0 Å². The Morgan fingerprint density at radius 2 is 1.89 bits per heavy atom. The average molecular weight is 379 g/mol. The number of hydrogen-bond acceptors (Lipinski definition) is 4. The van der Waals surface area contributed by atoms with Crippen LogP contribution in [0.5, 0.6) is 0 Å². The van der Waals surface area contributed by atoms with E-state index in [1.165, 1.54) is 24.3 Å². The number of carbonyl (C=O) groups excluding carboxylic acids is 1. The average Bonchev–Trinajstić information content (AvgIpc) is 3.03. The molecule has 0 radical (unpaired) electrons. The number of benzene rings is 1. The van der Waals surface area contributed by atoms with Gasteiger partial charge in [0.25, 0.3) is 0 Å². The van der Waals surface area contributed by atoms with Crippen molar-refractivity contribution in [3.63, 3.8) is 0 Å². The Balaban J connectivity index is 1.71. The van der Waals surface area contributed by atoms with Crippen LogP contribution in [-0.2, 0) is 10.2 Å². The van der Waals surface area contributed by atoms with Crippen LogP contribution in [0, 0.1) is 17.0 Å². The Bertz CT molecular complexity index is 1070. The second kappa shape index (κ2) is 5.63. The van der Waals surface area contributed by atoms with Crippen LogP contribution in [0.25, 0.3) is 11.3 Å². The molecule has 1 fully saturated rings. The van der Waals surface area contributed by atoms with Gasteiger partial charge in [0, 0.05) is 18.3 Å². The van der Waals surface area contributed by atoms with Crippen molar-refractivity contribution < 1.29 is 13.6 Å². The van der Waals surface area contributed by atoms with Crippen molar-refractivity contribution in [3.8, 4) is 11.3 Å². The molecule has 2 aliphatic carbocycles. The Morgan fingerprint density at radius 1 is 1.14 bits per heavy atom. The van der Waals surface area contributed by atoms with Gasteiger partial charge < -0.3 is 0 Å². The number of aliphatic imine (C=N–C) groups is 1. The molecule has 2 bridgehead atoms. The molecule has 1 aromatic heterocycles. The van der Waals surface area contributed by atoms with E-state index in [0.29, 0.717) is 0 Å². The van der Waals surface area contributed by atoms with Crippen LogP contribution in [0.15, 0.2) is 41.5 Å². The molecule has 28 heavy (non-hydrogen) atoms. The smallest absolute Gasteiger partial charge is 0.162 e. The molecule has 6 heteroatoms. The first-order valence-corrected chi connectivity index (χ1v) is 9.45. The zero-order valence-corrected chi connectivity index (χ0v) is 15.7. The lowest BCUT2D eigenvalue weighted by atomic mass is 9.64. The van der Waals surface area contributed by atoms with E-state index in [2.05, 4.69) is 29.0 Å². The van der Waals surface area contributed by atoms with Crippen LogP contribution in [0.4, 0.5) is 8.78 Å². The van der Waals surface area contributed by atoms with Gasteiger partial charge in [0.15, 0.2) is 5.78 Å². The Hall–Kier alpha value is -2.76. The van der Waals surface area contributed by atoms with Gasteiger partial charge >= 0.3 is 0 Å². The number of carbonyl (C=O) groups is 1. The minimum Gasteiger partial charge on any atom is -0.294 e. The molecule has 2 aromatic rings. The molecule has 2 atom stereocenters. The summed E-state index contributed by atoms with van der Waals surface area (Å²) in [7, 11) is 0. The number of nitrogens with zero attached hydrogens (tertiary/aromatic N) is 3. The molecule has 3 aliphatic rings. The van der Waals surface area contributed by atoms with Crippen molar-refractivity contribution in [2.45, 2.75) is 44.4 Å². The van der Waals surface area contributed by atoms with E-state index in [4.69, 9.17) is 0 Å².